The van der Waals surface area contributed by atoms with Gasteiger partial charge in [0.25, 0.3) is 0 Å². The Bertz CT molecular complexity index is 454. The minimum Gasteiger partial charge on any atom is -0.508 e. The Balaban J connectivity index is 2.28. The number of alkyl halides is 3. The molecule has 0 saturated heterocycles. The van der Waals surface area contributed by atoms with E-state index in [2.05, 4.69) is 0 Å². The van der Waals surface area contributed by atoms with Gasteiger partial charge < -0.3 is 5.11 Å². The molecule has 1 aliphatic heterocycles. The number of fused-ring (bicyclic) bond motifs is 1. The number of rotatable bonds is 1. The predicted octanol–water partition coefficient (Wildman–Crippen LogP) is 3.09. The van der Waals surface area contributed by atoms with Gasteiger partial charge in [0.2, 0.25) is 0 Å². The molecule has 100 valence electrons. The molecule has 1 aromatic rings. The molecule has 0 radical (unpaired) electrons. The molecule has 5 heteroatoms. The van der Waals surface area contributed by atoms with Crippen LogP contribution in [0.2, 0.25) is 0 Å². The van der Waals surface area contributed by atoms with Crippen LogP contribution < -0.4 is 0 Å². The molecule has 0 fully saturated rings. The average molecular weight is 259 g/mol. The molecule has 0 aromatic heterocycles. The van der Waals surface area contributed by atoms with Crippen molar-refractivity contribution in [2.24, 2.45) is 0 Å². The van der Waals surface area contributed by atoms with Gasteiger partial charge in [-0.3, -0.25) is 4.90 Å². The van der Waals surface area contributed by atoms with Gasteiger partial charge in [0.15, 0.2) is 0 Å². The number of halogens is 3. The molecule has 0 amide bonds. The van der Waals surface area contributed by atoms with E-state index in [0.29, 0.717) is 6.42 Å². The van der Waals surface area contributed by atoms with Crippen molar-refractivity contribution < 1.29 is 18.3 Å². The van der Waals surface area contributed by atoms with Gasteiger partial charge in [-0.15, -0.1) is 0 Å². The van der Waals surface area contributed by atoms with Crippen molar-refractivity contribution in [1.82, 2.24) is 4.90 Å². The maximum Gasteiger partial charge on any atom is 0.401 e. The van der Waals surface area contributed by atoms with Crippen LogP contribution in [-0.2, 0) is 13.0 Å². The van der Waals surface area contributed by atoms with E-state index < -0.39 is 18.3 Å². The van der Waals surface area contributed by atoms with Crippen LogP contribution >= 0.6 is 0 Å². The standard InChI is InChI=1S/C13H16F3NO/c1-12(2)6-10-5-11(18)4-3-9(10)7-17(12)8-13(14,15)16/h3-5,18H,6-8H2,1-2H3. The Kier molecular flexibility index (Phi) is 3.05. The zero-order valence-electron chi connectivity index (χ0n) is 10.4. The molecule has 1 aromatic carbocycles. The summed E-state index contributed by atoms with van der Waals surface area (Å²) in [6.07, 6.45) is -3.68. The summed E-state index contributed by atoms with van der Waals surface area (Å²) in [7, 11) is 0. The highest BCUT2D eigenvalue weighted by molar-refractivity contribution is 5.37. The van der Waals surface area contributed by atoms with E-state index in [1.807, 2.05) is 0 Å². The number of phenols is 1. The maximum absolute atomic E-state index is 12.5. The topological polar surface area (TPSA) is 23.5 Å². The second-order valence-electron chi connectivity index (χ2n) is 5.41. The largest absolute Gasteiger partial charge is 0.508 e. The lowest BCUT2D eigenvalue weighted by atomic mass is 9.85. The molecular weight excluding hydrogens is 243 g/mol. The average Bonchev–Trinajstić information content (AvgIpc) is 2.16. The van der Waals surface area contributed by atoms with Gasteiger partial charge in [-0.25, -0.2) is 0 Å². The van der Waals surface area contributed by atoms with Crippen LogP contribution in [0.4, 0.5) is 13.2 Å². The fourth-order valence-corrected chi connectivity index (χ4v) is 2.41. The van der Waals surface area contributed by atoms with E-state index in [1.54, 1.807) is 26.0 Å². The van der Waals surface area contributed by atoms with E-state index in [0.717, 1.165) is 11.1 Å². The zero-order valence-corrected chi connectivity index (χ0v) is 10.4. The van der Waals surface area contributed by atoms with Crippen LogP contribution in [0.3, 0.4) is 0 Å². The molecule has 0 saturated carbocycles. The fourth-order valence-electron chi connectivity index (χ4n) is 2.41. The molecule has 1 aliphatic rings. The fraction of sp³-hybridized carbons (Fsp3) is 0.538. The SMILES string of the molecule is CC1(C)Cc2cc(O)ccc2CN1CC(F)(F)F. The third-order valence-corrected chi connectivity index (χ3v) is 3.40. The molecule has 0 unspecified atom stereocenters. The van der Waals surface area contributed by atoms with Crippen molar-refractivity contribution in [2.75, 3.05) is 6.54 Å². The second-order valence-corrected chi connectivity index (χ2v) is 5.41. The van der Waals surface area contributed by atoms with Crippen molar-refractivity contribution >= 4 is 0 Å². The van der Waals surface area contributed by atoms with Crippen molar-refractivity contribution in [2.45, 2.75) is 38.5 Å². The molecule has 2 nitrogen and oxygen atoms in total. The molecule has 0 bridgehead atoms. The first-order chi connectivity index (χ1) is 8.17. The highest BCUT2D eigenvalue weighted by Crippen LogP contribution is 2.34. The monoisotopic (exact) mass is 259 g/mol. The minimum atomic E-state index is -4.19. The Morgan fingerprint density at radius 3 is 2.56 bits per heavy atom. The summed E-state index contributed by atoms with van der Waals surface area (Å²) >= 11 is 0. The molecule has 0 aliphatic carbocycles. The number of phenolic OH excluding ortho intramolecular Hbond substituents is 1. The van der Waals surface area contributed by atoms with Gasteiger partial charge in [-0.2, -0.15) is 13.2 Å². The van der Waals surface area contributed by atoms with Gasteiger partial charge in [0.05, 0.1) is 6.54 Å². The smallest absolute Gasteiger partial charge is 0.401 e. The maximum atomic E-state index is 12.5. The summed E-state index contributed by atoms with van der Waals surface area (Å²) in [6, 6.07) is 4.86. The highest BCUT2D eigenvalue weighted by Gasteiger charge is 2.40. The summed E-state index contributed by atoms with van der Waals surface area (Å²) in [5, 5.41) is 9.42. The van der Waals surface area contributed by atoms with Crippen LogP contribution in [-0.4, -0.2) is 28.3 Å². The van der Waals surface area contributed by atoms with Crippen LogP contribution in [0.5, 0.6) is 5.75 Å². The lowest BCUT2D eigenvalue weighted by Crippen LogP contribution is -2.51. The molecular formula is C13H16F3NO. The molecule has 18 heavy (non-hydrogen) atoms. The number of nitrogens with zero attached hydrogens (tertiary/aromatic N) is 1. The molecule has 2 rings (SSSR count). The summed E-state index contributed by atoms with van der Waals surface area (Å²) in [4.78, 5) is 1.44. The Morgan fingerprint density at radius 2 is 1.94 bits per heavy atom. The van der Waals surface area contributed by atoms with Gasteiger partial charge in [-0.1, -0.05) is 6.07 Å². The van der Waals surface area contributed by atoms with E-state index in [1.165, 1.54) is 11.0 Å². The summed E-state index contributed by atoms with van der Waals surface area (Å²) in [6.45, 7) is 2.96. The van der Waals surface area contributed by atoms with E-state index in [9.17, 15) is 18.3 Å². The van der Waals surface area contributed by atoms with E-state index in [-0.39, 0.29) is 12.3 Å². The van der Waals surface area contributed by atoms with Crippen molar-refractivity contribution in [1.29, 1.82) is 0 Å². The zero-order chi connectivity index (χ0) is 13.6. The molecule has 1 heterocycles. The van der Waals surface area contributed by atoms with Crippen LogP contribution in [0, 0.1) is 0 Å². The van der Waals surface area contributed by atoms with Gasteiger partial charge >= 0.3 is 6.18 Å². The number of hydrogen-bond donors (Lipinski definition) is 1. The first kappa shape index (κ1) is 13.2. The van der Waals surface area contributed by atoms with Crippen LogP contribution in [0.15, 0.2) is 18.2 Å². The Morgan fingerprint density at radius 1 is 1.28 bits per heavy atom. The third-order valence-electron chi connectivity index (χ3n) is 3.40. The number of hydrogen-bond acceptors (Lipinski definition) is 2. The normalized spacial score (nSPS) is 19.6. The summed E-state index contributed by atoms with van der Waals surface area (Å²) < 4.78 is 37.6. The highest BCUT2D eigenvalue weighted by atomic mass is 19.4. The van der Waals surface area contributed by atoms with Crippen LogP contribution in [0.25, 0.3) is 0 Å². The Hall–Kier alpha value is -1.23. The van der Waals surface area contributed by atoms with Gasteiger partial charge in [0, 0.05) is 12.1 Å². The van der Waals surface area contributed by atoms with Crippen LogP contribution in [0.1, 0.15) is 25.0 Å². The lowest BCUT2D eigenvalue weighted by molar-refractivity contribution is -0.160. The van der Waals surface area contributed by atoms with Gasteiger partial charge in [0.1, 0.15) is 5.75 Å². The molecule has 0 spiro atoms. The number of aromatic hydroxyl groups is 1. The summed E-state index contributed by atoms with van der Waals surface area (Å²) in [5.41, 5.74) is 1.23. The minimum absolute atomic E-state index is 0.161. The van der Waals surface area contributed by atoms with E-state index >= 15 is 0 Å². The number of benzene rings is 1. The van der Waals surface area contributed by atoms with Crippen molar-refractivity contribution in [3.05, 3.63) is 29.3 Å². The van der Waals surface area contributed by atoms with Gasteiger partial charge in [-0.05, 0) is 43.5 Å². The van der Waals surface area contributed by atoms with Crippen molar-refractivity contribution in [3.63, 3.8) is 0 Å². The summed E-state index contributed by atoms with van der Waals surface area (Å²) in [5.74, 6) is 0.161. The van der Waals surface area contributed by atoms with Crippen molar-refractivity contribution in [3.8, 4) is 5.75 Å². The third kappa shape index (κ3) is 2.77. The first-order valence-electron chi connectivity index (χ1n) is 5.80. The predicted molar refractivity (Wildman–Crippen MR) is 62.4 cm³/mol. The second kappa shape index (κ2) is 4.16. The molecule has 1 N–H and O–H groups in total. The first-order valence-corrected chi connectivity index (χ1v) is 5.80. The van der Waals surface area contributed by atoms with E-state index in [4.69, 9.17) is 0 Å². The lowest BCUT2D eigenvalue weighted by Gasteiger charge is -2.43. The Labute approximate surface area is 104 Å². The molecule has 0 atom stereocenters. The quantitative estimate of drug-likeness (QED) is 0.837.